The van der Waals surface area contributed by atoms with E-state index in [1.54, 1.807) is 12.1 Å². The predicted molar refractivity (Wildman–Crippen MR) is 65.8 cm³/mol. The van der Waals surface area contributed by atoms with E-state index < -0.39 is 15.6 Å². The van der Waals surface area contributed by atoms with Crippen LogP contribution in [0.15, 0.2) is 29.2 Å². The Balaban J connectivity index is 3.01. The summed E-state index contributed by atoms with van der Waals surface area (Å²) in [6.07, 6.45) is 0.234. The summed E-state index contributed by atoms with van der Waals surface area (Å²) in [6, 6.07) is 9.85. The molecular weight excluding hydrogens is 250 g/mol. The zero-order valence-corrected chi connectivity index (χ0v) is 11.0. The molecule has 0 unspecified atom stereocenters. The minimum absolute atomic E-state index is 0.0764. The maximum atomic E-state index is 11.9. The van der Waals surface area contributed by atoms with Crippen molar-refractivity contribution in [3.63, 3.8) is 0 Å². The first-order valence-corrected chi connectivity index (χ1v) is 6.70. The maximum absolute atomic E-state index is 11.9. The third-order valence-corrected chi connectivity index (χ3v) is 3.86. The van der Waals surface area contributed by atoms with Crippen LogP contribution in [-0.4, -0.2) is 14.0 Å². The number of rotatable bonds is 4. The van der Waals surface area contributed by atoms with Gasteiger partial charge in [-0.1, -0.05) is 12.1 Å². The Bertz CT molecular complexity index is 604. The molecule has 0 radical (unpaired) electrons. The molecule has 0 fully saturated rings. The molecule has 0 atom stereocenters. The molecule has 6 heteroatoms. The molecule has 0 saturated heterocycles. The van der Waals surface area contributed by atoms with Gasteiger partial charge in [0, 0.05) is 0 Å². The standard InChI is InChI=1S/C12H13N3O2S/c1-12(2,9-14)15-18(16,17)11-5-3-10(4-6-11)7-8-13/h3-6,15H,7H2,1-2H3. The molecule has 0 aliphatic rings. The lowest BCUT2D eigenvalue weighted by Gasteiger charge is -2.17. The van der Waals surface area contributed by atoms with E-state index >= 15 is 0 Å². The van der Waals surface area contributed by atoms with Crippen LogP contribution in [0.25, 0.3) is 0 Å². The molecule has 1 aromatic carbocycles. The number of hydrogen-bond donors (Lipinski definition) is 1. The van der Waals surface area contributed by atoms with E-state index in [-0.39, 0.29) is 11.3 Å². The fourth-order valence-electron chi connectivity index (χ4n) is 1.30. The second-order valence-electron chi connectivity index (χ2n) is 4.32. The van der Waals surface area contributed by atoms with Crippen LogP contribution in [0, 0.1) is 22.7 Å². The topological polar surface area (TPSA) is 93.8 Å². The summed E-state index contributed by atoms with van der Waals surface area (Å²) in [7, 11) is -3.72. The maximum Gasteiger partial charge on any atom is 0.241 e. The molecule has 0 bridgehead atoms. The largest absolute Gasteiger partial charge is 0.241 e. The van der Waals surface area contributed by atoms with Crippen molar-refractivity contribution < 1.29 is 8.42 Å². The van der Waals surface area contributed by atoms with Gasteiger partial charge in [-0.2, -0.15) is 15.2 Å². The third-order valence-electron chi connectivity index (χ3n) is 2.19. The molecule has 0 heterocycles. The summed E-state index contributed by atoms with van der Waals surface area (Å²) in [5.74, 6) is 0. The fourth-order valence-corrected chi connectivity index (χ4v) is 2.63. The molecule has 0 saturated carbocycles. The zero-order valence-electron chi connectivity index (χ0n) is 10.1. The van der Waals surface area contributed by atoms with Crippen molar-refractivity contribution in [1.82, 2.24) is 4.72 Å². The highest BCUT2D eigenvalue weighted by Gasteiger charge is 2.25. The SMILES string of the molecule is CC(C)(C#N)NS(=O)(=O)c1ccc(CC#N)cc1. The van der Waals surface area contributed by atoms with Crippen molar-refractivity contribution in [1.29, 1.82) is 10.5 Å². The first-order chi connectivity index (χ1) is 8.30. The number of nitriles is 2. The van der Waals surface area contributed by atoms with E-state index in [0.717, 1.165) is 5.56 Å². The summed E-state index contributed by atoms with van der Waals surface area (Å²) in [4.78, 5) is 0.0764. The van der Waals surface area contributed by atoms with Gasteiger partial charge in [0.15, 0.2) is 0 Å². The smallest absolute Gasteiger partial charge is 0.207 e. The highest BCUT2D eigenvalue weighted by Crippen LogP contribution is 2.14. The summed E-state index contributed by atoms with van der Waals surface area (Å²) in [6.45, 7) is 2.96. The van der Waals surface area contributed by atoms with Gasteiger partial charge < -0.3 is 0 Å². The molecule has 5 nitrogen and oxygen atoms in total. The second kappa shape index (κ2) is 5.18. The van der Waals surface area contributed by atoms with E-state index in [0.29, 0.717) is 0 Å². The Kier molecular flexibility index (Phi) is 4.07. The average molecular weight is 263 g/mol. The van der Waals surface area contributed by atoms with Crippen molar-refractivity contribution in [3.8, 4) is 12.1 Å². The molecule has 1 aromatic rings. The minimum Gasteiger partial charge on any atom is -0.207 e. The predicted octanol–water partition coefficient (Wildman–Crippen LogP) is 1.33. The zero-order chi connectivity index (χ0) is 13.8. The molecule has 0 aliphatic carbocycles. The lowest BCUT2D eigenvalue weighted by Crippen LogP contribution is -2.41. The Morgan fingerprint density at radius 1 is 1.22 bits per heavy atom. The third kappa shape index (κ3) is 3.56. The van der Waals surface area contributed by atoms with Crippen LogP contribution in [0.5, 0.6) is 0 Å². The van der Waals surface area contributed by atoms with Crippen molar-refractivity contribution in [3.05, 3.63) is 29.8 Å². The van der Waals surface area contributed by atoms with Crippen LogP contribution in [-0.2, 0) is 16.4 Å². The summed E-state index contributed by atoms with van der Waals surface area (Å²) in [5.41, 5.74) is -0.416. The highest BCUT2D eigenvalue weighted by atomic mass is 32.2. The van der Waals surface area contributed by atoms with Crippen molar-refractivity contribution in [2.24, 2.45) is 0 Å². The van der Waals surface area contributed by atoms with E-state index in [1.807, 2.05) is 12.1 Å². The van der Waals surface area contributed by atoms with Gasteiger partial charge in [-0.25, -0.2) is 8.42 Å². The first kappa shape index (κ1) is 14.2. The van der Waals surface area contributed by atoms with Crippen LogP contribution in [0.2, 0.25) is 0 Å². The number of nitrogens with zero attached hydrogens (tertiary/aromatic N) is 2. The molecule has 18 heavy (non-hydrogen) atoms. The molecular formula is C12H13N3O2S. The number of nitrogens with one attached hydrogen (secondary N) is 1. The second-order valence-corrected chi connectivity index (χ2v) is 6.00. The fraction of sp³-hybridized carbons (Fsp3) is 0.333. The van der Waals surface area contributed by atoms with Gasteiger partial charge in [-0.05, 0) is 31.5 Å². The van der Waals surface area contributed by atoms with Gasteiger partial charge in [0.25, 0.3) is 0 Å². The lowest BCUT2D eigenvalue weighted by atomic mass is 10.1. The molecule has 0 spiro atoms. The van der Waals surface area contributed by atoms with Crippen molar-refractivity contribution in [2.75, 3.05) is 0 Å². The summed E-state index contributed by atoms with van der Waals surface area (Å²) >= 11 is 0. The van der Waals surface area contributed by atoms with Crippen LogP contribution in [0.4, 0.5) is 0 Å². The van der Waals surface area contributed by atoms with Crippen molar-refractivity contribution >= 4 is 10.0 Å². The summed E-state index contributed by atoms with van der Waals surface area (Å²) < 4.78 is 26.2. The van der Waals surface area contributed by atoms with E-state index in [9.17, 15) is 8.42 Å². The van der Waals surface area contributed by atoms with Gasteiger partial charge >= 0.3 is 0 Å². The van der Waals surface area contributed by atoms with Gasteiger partial charge in [0.2, 0.25) is 10.0 Å². The quantitative estimate of drug-likeness (QED) is 0.886. The normalized spacial score (nSPS) is 11.6. The monoisotopic (exact) mass is 263 g/mol. The molecule has 1 rings (SSSR count). The molecule has 0 aromatic heterocycles. The van der Waals surface area contributed by atoms with Crippen molar-refractivity contribution in [2.45, 2.75) is 30.7 Å². The van der Waals surface area contributed by atoms with Crippen LogP contribution in [0.1, 0.15) is 19.4 Å². The molecule has 1 N–H and O–H groups in total. The minimum atomic E-state index is -3.72. The van der Waals surface area contributed by atoms with Crippen LogP contribution >= 0.6 is 0 Å². The lowest BCUT2D eigenvalue weighted by molar-refractivity contribution is 0.535. The Labute approximate surface area is 107 Å². The highest BCUT2D eigenvalue weighted by molar-refractivity contribution is 7.89. The van der Waals surface area contributed by atoms with Crippen LogP contribution < -0.4 is 4.72 Å². The Hall–Kier alpha value is -1.89. The molecule has 94 valence electrons. The average Bonchev–Trinajstić information content (AvgIpc) is 2.29. The number of benzene rings is 1. The van der Waals surface area contributed by atoms with Crippen LogP contribution in [0.3, 0.4) is 0 Å². The van der Waals surface area contributed by atoms with Gasteiger partial charge in [0.1, 0.15) is 5.54 Å². The van der Waals surface area contributed by atoms with Gasteiger partial charge in [-0.15, -0.1) is 0 Å². The Morgan fingerprint density at radius 3 is 2.22 bits per heavy atom. The first-order valence-electron chi connectivity index (χ1n) is 5.22. The Morgan fingerprint density at radius 2 is 1.78 bits per heavy atom. The van der Waals surface area contributed by atoms with E-state index in [2.05, 4.69) is 4.72 Å². The van der Waals surface area contributed by atoms with Gasteiger partial charge in [-0.3, -0.25) is 0 Å². The number of hydrogen-bond acceptors (Lipinski definition) is 4. The van der Waals surface area contributed by atoms with E-state index in [1.165, 1.54) is 26.0 Å². The summed E-state index contributed by atoms with van der Waals surface area (Å²) in [5, 5.41) is 17.3. The molecule has 0 amide bonds. The van der Waals surface area contributed by atoms with Gasteiger partial charge in [0.05, 0.1) is 23.5 Å². The van der Waals surface area contributed by atoms with E-state index in [4.69, 9.17) is 10.5 Å². The molecule has 0 aliphatic heterocycles. The number of sulfonamides is 1.